The molecule has 6 heteroatoms. The molecule has 1 heterocycles. The van der Waals surface area contributed by atoms with Gasteiger partial charge in [0, 0.05) is 18.3 Å². The van der Waals surface area contributed by atoms with Gasteiger partial charge < -0.3 is 10.6 Å². The largest absolute Gasteiger partial charge is 0.370 e. The summed E-state index contributed by atoms with van der Waals surface area (Å²) in [5.41, 5.74) is 0.677. The third kappa shape index (κ3) is 3.81. The van der Waals surface area contributed by atoms with Crippen molar-refractivity contribution in [1.29, 1.82) is 0 Å². The van der Waals surface area contributed by atoms with Gasteiger partial charge in [0.2, 0.25) is 0 Å². The number of aromatic nitrogens is 2. The first-order valence-electron chi connectivity index (χ1n) is 6.40. The minimum atomic E-state index is -0.443. The van der Waals surface area contributed by atoms with Crippen LogP contribution in [0.1, 0.15) is 19.2 Å². The Kier molecular flexibility index (Phi) is 4.74. The maximum atomic E-state index is 13.1. The van der Waals surface area contributed by atoms with E-state index in [0.29, 0.717) is 17.3 Å². The number of rotatable bonds is 5. The highest BCUT2D eigenvalue weighted by molar-refractivity contribution is 6.31. The van der Waals surface area contributed by atoms with Crippen molar-refractivity contribution in [3.63, 3.8) is 0 Å². The summed E-state index contributed by atoms with van der Waals surface area (Å²) in [7, 11) is 0. The van der Waals surface area contributed by atoms with Crippen molar-refractivity contribution in [1.82, 2.24) is 9.97 Å². The summed E-state index contributed by atoms with van der Waals surface area (Å²) in [6, 6.07) is 6.25. The highest BCUT2D eigenvalue weighted by Crippen LogP contribution is 2.22. The van der Waals surface area contributed by atoms with Crippen molar-refractivity contribution >= 4 is 28.9 Å². The molecule has 2 rings (SSSR count). The van der Waals surface area contributed by atoms with Crippen LogP contribution in [0.2, 0.25) is 5.02 Å². The molecule has 0 aliphatic rings. The molecule has 0 saturated heterocycles. The maximum Gasteiger partial charge on any atom is 0.141 e. The second kappa shape index (κ2) is 6.52. The van der Waals surface area contributed by atoms with Gasteiger partial charge in [-0.2, -0.15) is 0 Å². The molecule has 2 aromatic rings. The predicted molar refractivity (Wildman–Crippen MR) is 80.2 cm³/mol. The number of aryl methyl sites for hydroxylation is 1. The molecule has 0 radical (unpaired) electrons. The molecule has 0 unspecified atom stereocenters. The van der Waals surface area contributed by atoms with E-state index in [9.17, 15) is 4.39 Å². The third-order valence-electron chi connectivity index (χ3n) is 2.59. The maximum absolute atomic E-state index is 13.1. The minimum Gasteiger partial charge on any atom is -0.370 e. The Bertz CT molecular complexity index is 604. The third-order valence-corrected chi connectivity index (χ3v) is 2.88. The van der Waals surface area contributed by atoms with E-state index >= 15 is 0 Å². The van der Waals surface area contributed by atoms with Crippen molar-refractivity contribution in [2.45, 2.75) is 20.3 Å². The van der Waals surface area contributed by atoms with Crippen molar-refractivity contribution < 1.29 is 4.39 Å². The Morgan fingerprint density at radius 1 is 1.20 bits per heavy atom. The number of nitrogens with one attached hydrogen (secondary N) is 2. The highest BCUT2D eigenvalue weighted by Gasteiger charge is 2.04. The number of nitrogens with zero attached hydrogens (tertiary/aromatic N) is 2. The summed E-state index contributed by atoms with van der Waals surface area (Å²) in [6.45, 7) is 4.75. The summed E-state index contributed by atoms with van der Waals surface area (Å²) < 4.78 is 13.1. The molecule has 0 fully saturated rings. The number of benzene rings is 1. The van der Waals surface area contributed by atoms with E-state index in [1.54, 1.807) is 12.1 Å². The topological polar surface area (TPSA) is 49.8 Å². The van der Waals surface area contributed by atoms with Crippen LogP contribution < -0.4 is 10.6 Å². The first-order chi connectivity index (χ1) is 9.58. The fourth-order valence-corrected chi connectivity index (χ4v) is 1.88. The van der Waals surface area contributed by atoms with Gasteiger partial charge in [-0.25, -0.2) is 14.4 Å². The van der Waals surface area contributed by atoms with Gasteiger partial charge in [-0.1, -0.05) is 18.5 Å². The molecule has 0 atom stereocenters. The molecule has 0 bridgehead atoms. The summed E-state index contributed by atoms with van der Waals surface area (Å²) >= 11 is 5.75. The van der Waals surface area contributed by atoms with Gasteiger partial charge in [-0.15, -0.1) is 0 Å². The molecule has 0 spiro atoms. The van der Waals surface area contributed by atoms with Crippen LogP contribution in [0.25, 0.3) is 0 Å². The zero-order chi connectivity index (χ0) is 14.5. The van der Waals surface area contributed by atoms with Crippen LogP contribution in [-0.2, 0) is 0 Å². The SMILES string of the molecule is CCCNc1cc(Nc2ccc(F)c(Cl)c2)nc(C)n1. The smallest absolute Gasteiger partial charge is 0.141 e. The fourth-order valence-electron chi connectivity index (χ4n) is 1.70. The van der Waals surface area contributed by atoms with Crippen molar-refractivity contribution in [2.24, 2.45) is 0 Å². The minimum absolute atomic E-state index is 0.0742. The lowest BCUT2D eigenvalue weighted by atomic mass is 10.3. The summed E-state index contributed by atoms with van der Waals surface area (Å²) in [5, 5.41) is 6.37. The van der Waals surface area contributed by atoms with Crippen LogP contribution in [0, 0.1) is 12.7 Å². The lowest BCUT2D eigenvalue weighted by Crippen LogP contribution is -2.05. The molecule has 0 aliphatic heterocycles. The molecule has 0 aliphatic carbocycles. The van der Waals surface area contributed by atoms with Crippen LogP contribution >= 0.6 is 11.6 Å². The van der Waals surface area contributed by atoms with E-state index in [-0.39, 0.29) is 5.02 Å². The van der Waals surface area contributed by atoms with Crippen LogP contribution in [-0.4, -0.2) is 16.5 Å². The van der Waals surface area contributed by atoms with Gasteiger partial charge in [-0.3, -0.25) is 0 Å². The van der Waals surface area contributed by atoms with E-state index in [1.165, 1.54) is 12.1 Å². The Balaban J connectivity index is 2.19. The average Bonchev–Trinajstić information content (AvgIpc) is 2.40. The monoisotopic (exact) mass is 294 g/mol. The lowest BCUT2D eigenvalue weighted by Gasteiger charge is -2.10. The van der Waals surface area contributed by atoms with Crippen molar-refractivity contribution in [2.75, 3.05) is 17.2 Å². The zero-order valence-corrected chi connectivity index (χ0v) is 12.1. The number of anilines is 3. The first kappa shape index (κ1) is 14.5. The van der Waals surface area contributed by atoms with Gasteiger partial charge in [0.25, 0.3) is 0 Å². The number of hydrogen-bond acceptors (Lipinski definition) is 4. The standard InChI is InChI=1S/C14H16ClFN4/c1-3-6-17-13-8-14(19-9(2)18-13)20-10-4-5-12(16)11(15)7-10/h4-5,7-8H,3,6H2,1-2H3,(H2,17,18,19,20). The summed E-state index contributed by atoms with van der Waals surface area (Å²) in [6.07, 6.45) is 1.01. The summed E-state index contributed by atoms with van der Waals surface area (Å²) in [5.74, 6) is 1.61. The molecular formula is C14H16ClFN4. The predicted octanol–water partition coefficient (Wildman–Crippen LogP) is 4.14. The quantitative estimate of drug-likeness (QED) is 0.870. The number of halogens is 2. The second-order valence-electron chi connectivity index (χ2n) is 4.37. The molecule has 1 aromatic carbocycles. The average molecular weight is 295 g/mol. The Morgan fingerprint density at radius 3 is 2.65 bits per heavy atom. The van der Waals surface area contributed by atoms with E-state index in [1.807, 2.05) is 6.92 Å². The van der Waals surface area contributed by atoms with Gasteiger partial charge in [-0.05, 0) is 31.5 Å². The second-order valence-corrected chi connectivity index (χ2v) is 4.77. The van der Waals surface area contributed by atoms with Crippen molar-refractivity contribution in [3.8, 4) is 0 Å². The van der Waals surface area contributed by atoms with E-state index in [0.717, 1.165) is 18.8 Å². The van der Waals surface area contributed by atoms with Gasteiger partial charge in [0.1, 0.15) is 23.3 Å². The lowest BCUT2D eigenvalue weighted by molar-refractivity contribution is 0.628. The van der Waals surface area contributed by atoms with Gasteiger partial charge in [0.05, 0.1) is 5.02 Å². The Labute approximate surface area is 122 Å². The van der Waals surface area contributed by atoms with Gasteiger partial charge >= 0.3 is 0 Å². The number of hydrogen-bond donors (Lipinski definition) is 2. The van der Waals surface area contributed by atoms with Crippen LogP contribution in [0.15, 0.2) is 24.3 Å². The molecule has 20 heavy (non-hydrogen) atoms. The highest BCUT2D eigenvalue weighted by atomic mass is 35.5. The van der Waals surface area contributed by atoms with E-state index in [4.69, 9.17) is 11.6 Å². The van der Waals surface area contributed by atoms with Crippen LogP contribution in [0.3, 0.4) is 0 Å². The Hall–Kier alpha value is -1.88. The normalized spacial score (nSPS) is 10.4. The molecule has 106 valence electrons. The zero-order valence-electron chi connectivity index (χ0n) is 11.4. The molecule has 2 N–H and O–H groups in total. The van der Waals surface area contributed by atoms with Gasteiger partial charge in [0.15, 0.2) is 0 Å². The summed E-state index contributed by atoms with van der Waals surface area (Å²) in [4.78, 5) is 8.59. The van der Waals surface area contributed by atoms with Crippen LogP contribution in [0.4, 0.5) is 21.7 Å². The van der Waals surface area contributed by atoms with E-state index < -0.39 is 5.82 Å². The molecular weight excluding hydrogens is 279 g/mol. The molecule has 4 nitrogen and oxygen atoms in total. The van der Waals surface area contributed by atoms with E-state index in [2.05, 4.69) is 27.5 Å². The molecule has 0 amide bonds. The Morgan fingerprint density at radius 2 is 1.95 bits per heavy atom. The molecule has 1 aromatic heterocycles. The fraction of sp³-hybridized carbons (Fsp3) is 0.286. The van der Waals surface area contributed by atoms with Crippen LogP contribution in [0.5, 0.6) is 0 Å². The first-order valence-corrected chi connectivity index (χ1v) is 6.78. The molecule has 0 saturated carbocycles. The van der Waals surface area contributed by atoms with Crippen molar-refractivity contribution in [3.05, 3.63) is 40.9 Å².